The first-order chi connectivity index (χ1) is 8.83. The Kier molecular flexibility index (Phi) is 4.32. The van der Waals surface area contributed by atoms with Crippen molar-refractivity contribution in [2.24, 2.45) is 0 Å². The van der Waals surface area contributed by atoms with Gasteiger partial charge in [0.2, 0.25) is 0 Å². The van der Waals surface area contributed by atoms with Crippen molar-refractivity contribution < 1.29 is 5.11 Å². The van der Waals surface area contributed by atoms with E-state index < -0.39 is 0 Å². The standard InChI is InChI=1S/C17H18O/c1-14(15-8-4-2-5-9-15)17(12-13-18)16-10-6-3-7-11-16/h2-12,14,18H,13H2,1H3/t14-/m1/s1. The molecule has 0 bridgehead atoms. The molecular formula is C17H18O. The van der Waals surface area contributed by atoms with Crippen LogP contribution in [-0.4, -0.2) is 11.7 Å². The van der Waals surface area contributed by atoms with Crippen LogP contribution in [0.25, 0.3) is 5.57 Å². The maximum Gasteiger partial charge on any atom is 0.0618 e. The van der Waals surface area contributed by atoms with E-state index in [9.17, 15) is 5.11 Å². The Morgan fingerprint density at radius 1 is 1.00 bits per heavy atom. The van der Waals surface area contributed by atoms with Crippen LogP contribution in [-0.2, 0) is 0 Å². The van der Waals surface area contributed by atoms with Crippen molar-refractivity contribution in [2.75, 3.05) is 6.61 Å². The van der Waals surface area contributed by atoms with E-state index >= 15 is 0 Å². The number of rotatable bonds is 4. The monoisotopic (exact) mass is 238 g/mol. The summed E-state index contributed by atoms with van der Waals surface area (Å²) in [6.45, 7) is 2.24. The van der Waals surface area contributed by atoms with Crippen LogP contribution in [0.5, 0.6) is 0 Å². The topological polar surface area (TPSA) is 20.2 Å². The number of aliphatic hydroxyl groups is 1. The summed E-state index contributed by atoms with van der Waals surface area (Å²) in [5.74, 6) is 0.278. The van der Waals surface area contributed by atoms with E-state index in [1.165, 1.54) is 16.7 Å². The largest absolute Gasteiger partial charge is 0.392 e. The summed E-state index contributed by atoms with van der Waals surface area (Å²) in [6, 6.07) is 20.6. The van der Waals surface area contributed by atoms with E-state index in [-0.39, 0.29) is 12.5 Å². The van der Waals surface area contributed by atoms with Crippen molar-refractivity contribution >= 4 is 5.57 Å². The molecule has 92 valence electrons. The van der Waals surface area contributed by atoms with Gasteiger partial charge < -0.3 is 5.11 Å². The minimum absolute atomic E-state index is 0.0708. The Bertz CT molecular complexity index is 500. The predicted molar refractivity (Wildman–Crippen MR) is 76.4 cm³/mol. The summed E-state index contributed by atoms with van der Waals surface area (Å²) >= 11 is 0. The highest BCUT2D eigenvalue weighted by atomic mass is 16.2. The average Bonchev–Trinajstić information content (AvgIpc) is 2.46. The molecule has 0 saturated heterocycles. The molecule has 0 amide bonds. The molecule has 1 heteroatoms. The van der Waals surface area contributed by atoms with Crippen molar-refractivity contribution in [1.29, 1.82) is 0 Å². The summed E-state index contributed by atoms with van der Waals surface area (Å²) in [5, 5.41) is 9.22. The molecule has 2 aromatic carbocycles. The van der Waals surface area contributed by atoms with E-state index in [0.29, 0.717) is 0 Å². The van der Waals surface area contributed by atoms with Crippen LogP contribution in [0.4, 0.5) is 0 Å². The van der Waals surface area contributed by atoms with Gasteiger partial charge in [-0.15, -0.1) is 0 Å². The van der Waals surface area contributed by atoms with Gasteiger partial charge in [-0.25, -0.2) is 0 Å². The molecule has 1 nitrogen and oxygen atoms in total. The highest BCUT2D eigenvalue weighted by molar-refractivity contribution is 5.71. The summed E-state index contributed by atoms with van der Waals surface area (Å²) in [6.07, 6.45) is 1.90. The molecule has 0 saturated carbocycles. The van der Waals surface area contributed by atoms with Crippen molar-refractivity contribution in [3.05, 3.63) is 77.9 Å². The third-order valence-electron chi connectivity index (χ3n) is 3.18. The van der Waals surface area contributed by atoms with E-state index in [1.54, 1.807) is 0 Å². The number of benzene rings is 2. The molecule has 0 heterocycles. The van der Waals surface area contributed by atoms with Gasteiger partial charge in [-0.1, -0.05) is 73.7 Å². The Balaban J connectivity index is 2.35. The van der Waals surface area contributed by atoms with Crippen LogP contribution in [0, 0.1) is 0 Å². The molecule has 2 rings (SSSR count). The fourth-order valence-electron chi connectivity index (χ4n) is 2.19. The minimum Gasteiger partial charge on any atom is -0.392 e. The SMILES string of the molecule is C[C@@H](C(=CCO)c1ccccc1)c1ccccc1. The number of hydrogen-bond donors (Lipinski definition) is 1. The second-order valence-electron chi connectivity index (χ2n) is 4.34. The predicted octanol–water partition coefficient (Wildman–Crippen LogP) is 3.87. The molecule has 2 aromatic rings. The van der Waals surface area contributed by atoms with Gasteiger partial charge in [0.1, 0.15) is 0 Å². The maximum absolute atomic E-state index is 9.22. The Hall–Kier alpha value is -1.86. The molecule has 0 fully saturated rings. The fourth-order valence-corrected chi connectivity index (χ4v) is 2.19. The third-order valence-corrected chi connectivity index (χ3v) is 3.18. The molecule has 0 radical (unpaired) electrons. The first-order valence-electron chi connectivity index (χ1n) is 6.24. The van der Waals surface area contributed by atoms with Crippen molar-refractivity contribution in [3.63, 3.8) is 0 Å². The number of hydrogen-bond acceptors (Lipinski definition) is 1. The van der Waals surface area contributed by atoms with Crippen LogP contribution in [0.3, 0.4) is 0 Å². The third kappa shape index (κ3) is 2.88. The summed E-state index contributed by atoms with van der Waals surface area (Å²) in [5.41, 5.74) is 3.60. The molecule has 0 aromatic heterocycles. The fraction of sp³-hybridized carbons (Fsp3) is 0.176. The van der Waals surface area contributed by atoms with E-state index in [1.807, 2.05) is 42.5 Å². The van der Waals surface area contributed by atoms with Crippen LogP contribution >= 0.6 is 0 Å². The summed E-state index contributed by atoms with van der Waals surface area (Å²) in [4.78, 5) is 0. The molecule has 0 spiro atoms. The Morgan fingerprint density at radius 2 is 1.56 bits per heavy atom. The zero-order valence-corrected chi connectivity index (χ0v) is 10.6. The molecule has 0 unspecified atom stereocenters. The highest BCUT2D eigenvalue weighted by Crippen LogP contribution is 2.31. The lowest BCUT2D eigenvalue weighted by Crippen LogP contribution is -1.99. The van der Waals surface area contributed by atoms with Gasteiger partial charge in [0.15, 0.2) is 0 Å². The van der Waals surface area contributed by atoms with Crippen LogP contribution in [0.1, 0.15) is 24.0 Å². The molecule has 0 aliphatic carbocycles. The average molecular weight is 238 g/mol. The molecule has 0 aliphatic rings. The minimum atomic E-state index is 0.0708. The van der Waals surface area contributed by atoms with Gasteiger partial charge in [-0.3, -0.25) is 0 Å². The van der Waals surface area contributed by atoms with Crippen LogP contribution in [0.2, 0.25) is 0 Å². The van der Waals surface area contributed by atoms with Gasteiger partial charge >= 0.3 is 0 Å². The van der Waals surface area contributed by atoms with Gasteiger partial charge in [0.05, 0.1) is 6.61 Å². The highest BCUT2D eigenvalue weighted by Gasteiger charge is 2.12. The van der Waals surface area contributed by atoms with Crippen molar-refractivity contribution in [2.45, 2.75) is 12.8 Å². The first-order valence-corrected chi connectivity index (χ1v) is 6.24. The number of allylic oxidation sites excluding steroid dienone is 1. The zero-order valence-electron chi connectivity index (χ0n) is 10.6. The maximum atomic E-state index is 9.22. The van der Waals surface area contributed by atoms with Gasteiger partial charge in [0, 0.05) is 5.92 Å². The zero-order chi connectivity index (χ0) is 12.8. The number of aliphatic hydroxyl groups excluding tert-OH is 1. The quantitative estimate of drug-likeness (QED) is 0.857. The second-order valence-corrected chi connectivity index (χ2v) is 4.34. The Labute approximate surface area is 108 Å². The van der Waals surface area contributed by atoms with E-state index in [0.717, 1.165) is 0 Å². The molecule has 1 atom stereocenters. The lowest BCUT2D eigenvalue weighted by Gasteiger charge is -2.17. The van der Waals surface area contributed by atoms with Crippen molar-refractivity contribution in [1.82, 2.24) is 0 Å². The summed E-state index contributed by atoms with van der Waals surface area (Å²) < 4.78 is 0. The smallest absolute Gasteiger partial charge is 0.0618 e. The van der Waals surface area contributed by atoms with Gasteiger partial charge in [0.25, 0.3) is 0 Å². The molecule has 1 N–H and O–H groups in total. The molecule has 18 heavy (non-hydrogen) atoms. The van der Waals surface area contributed by atoms with Crippen LogP contribution in [0.15, 0.2) is 66.7 Å². The first kappa shape index (κ1) is 12.6. The van der Waals surface area contributed by atoms with Gasteiger partial charge in [-0.05, 0) is 16.7 Å². The lowest BCUT2D eigenvalue weighted by atomic mass is 9.88. The van der Waals surface area contributed by atoms with E-state index in [2.05, 4.69) is 31.2 Å². The molecular weight excluding hydrogens is 220 g/mol. The van der Waals surface area contributed by atoms with E-state index in [4.69, 9.17) is 0 Å². The lowest BCUT2D eigenvalue weighted by molar-refractivity contribution is 0.343. The van der Waals surface area contributed by atoms with Gasteiger partial charge in [-0.2, -0.15) is 0 Å². The normalized spacial score (nSPS) is 13.3. The Morgan fingerprint density at radius 3 is 2.11 bits per heavy atom. The second kappa shape index (κ2) is 6.18. The summed E-state index contributed by atoms with van der Waals surface area (Å²) in [7, 11) is 0. The van der Waals surface area contributed by atoms with Crippen molar-refractivity contribution in [3.8, 4) is 0 Å². The molecule has 0 aliphatic heterocycles. The van der Waals surface area contributed by atoms with Crippen LogP contribution < -0.4 is 0 Å².